The van der Waals surface area contributed by atoms with Crippen LogP contribution in [0.5, 0.6) is 0 Å². The Morgan fingerprint density at radius 1 is 1.23 bits per heavy atom. The molecule has 3 aromatic rings. The summed E-state index contributed by atoms with van der Waals surface area (Å²) in [6, 6.07) is 6.53. The average Bonchev–Trinajstić information content (AvgIpc) is 3.35. The van der Waals surface area contributed by atoms with Crippen LogP contribution in [0.25, 0.3) is 10.9 Å². The summed E-state index contributed by atoms with van der Waals surface area (Å²) in [4.78, 5) is 13.5. The number of hydrogen-bond acceptors (Lipinski definition) is 3. The molecule has 1 aliphatic heterocycles. The molecule has 1 aromatic carbocycles. The van der Waals surface area contributed by atoms with Gasteiger partial charge in [0, 0.05) is 34.4 Å². The molecule has 0 saturated heterocycles. The summed E-state index contributed by atoms with van der Waals surface area (Å²) in [7, 11) is 0. The molecule has 0 radical (unpaired) electrons. The van der Waals surface area contributed by atoms with Crippen LogP contribution in [0.4, 0.5) is 19.1 Å². The standard InChI is InChI=1S/C22H20ClF3N4/c23-14-5-6-17-16(12-14)15-8-10-30(21-27-9-7-19(29-21)22(24,25)26)18(20(15)28-17)11-13-3-1-2-4-13/h1,3,5-7,9,12-13,18,28H,2,4,8,10-11H2/t13?,18-/m0/s1. The highest BCUT2D eigenvalue weighted by molar-refractivity contribution is 6.31. The fourth-order valence-electron chi connectivity index (χ4n) is 4.65. The maximum Gasteiger partial charge on any atom is 0.433 e. The number of hydrogen-bond donors (Lipinski definition) is 1. The predicted octanol–water partition coefficient (Wildman–Crippen LogP) is 6.09. The molecule has 0 fully saturated rings. The number of nitrogens with zero attached hydrogens (tertiary/aromatic N) is 3. The normalized spacial score (nSPS) is 21.4. The maximum absolute atomic E-state index is 13.2. The zero-order chi connectivity index (χ0) is 20.9. The van der Waals surface area contributed by atoms with E-state index in [0.717, 1.165) is 41.9 Å². The number of aromatic amines is 1. The Kier molecular flexibility index (Phi) is 4.73. The van der Waals surface area contributed by atoms with Gasteiger partial charge in [-0.1, -0.05) is 23.8 Å². The molecule has 1 unspecified atom stereocenters. The van der Waals surface area contributed by atoms with Gasteiger partial charge in [-0.15, -0.1) is 0 Å². The lowest BCUT2D eigenvalue weighted by Crippen LogP contribution is -2.37. The molecule has 0 spiro atoms. The van der Waals surface area contributed by atoms with Gasteiger partial charge in [-0.2, -0.15) is 13.2 Å². The molecule has 4 nitrogen and oxygen atoms in total. The van der Waals surface area contributed by atoms with Gasteiger partial charge < -0.3 is 9.88 Å². The molecule has 1 aliphatic carbocycles. The van der Waals surface area contributed by atoms with Gasteiger partial charge in [-0.05, 0) is 61.4 Å². The second-order valence-corrected chi connectivity index (χ2v) is 8.34. The van der Waals surface area contributed by atoms with Crippen molar-refractivity contribution in [2.75, 3.05) is 11.4 Å². The van der Waals surface area contributed by atoms with E-state index in [4.69, 9.17) is 11.6 Å². The molecular weight excluding hydrogens is 413 g/mol. The van der Waals surface area contributed by atoms with Crippen molar-refractivity contribution in [2.45, 2.75) is 37.9 Å². The molecule has 2 aliphatic rings. The first kappa shape index (κ1) is 19.4. The van der Waals surface area contributed by atoms with E-state index >= 15 is 0 Å². The maximum atomic E-state index is 13.2. The largest absolute Gasteiger partial charge is 0.433 e. The Balaban J connectivity index is 1.59. The van der Waals surface area contributed by atoms with Crippen LogP contribution in [-0.4, -0.2) is 21.5 Å². The fourth-order valence-corrected chi connectivity index (χ4v) is 4.82. The van der Waals surface area contributed by atoms with Gasteiger partial charge in [0.05, 0.1) is 6.04 Å². The minimum Gasteiger partial charge on any atom is -0.356 e. The Bertz CT molecular complexity index is 1120. The van der Waals surface area contributed by atoms with Crippen LogP contribution in [0.15, 0.2) is 42.6 Å². The molecular formula is C22H20ClF3N4. The van der Waals surface area contributed by atoms with Gasteiger partial charge in [-0.25, -0.2) is 9.97 Å². The number of alkyl halides is 3. The van der Waals surface area contributed by atoms with E-state index in [-0.39, 0.29) is 12.0 Å². The predicted molar refractivity (Wildman–Crippen MR) is 111 cm³/mol. The number of rotatable bonds is 3. The minimum absolute atomic E-state index is 0.124. The zero-order valence-corrected chi connectivity index (χ0v) is 16.8. The number of anilines is 1. The molecule has 0 saturated carbocycles. The van der Waals surface area contributed by atoms with E-state index in [1.165, 1.54) is 11.8 Å². The highest BCUT2D eigenvalue weighted by Gasteiger charge is 2.36. The van der Waals surface area contributed by atoms with Crippen LogP contribution in [-0.2, 0) is 12.6 Å². The third-order valence-electron chi connectivity index (χ3n) is 6.04. The third-order valence-corrected chi connectivity index (χ3v) is 6.28. The molecule has 156 valence electrons. The van der Waals surface area contributed by atoms with Crippen molar-refractivity contribution >= 4 is 28.5 Å². The Hall–Kier alpha value is -2.54. The Morgan fingerprint density at radius 3 is 2.87 bits per heavy atom. The zero-order valence-electron chi connectivity index (χ0n) is 16.1. The topological polar surface area (TPSA) is 44.8 Å². The molecule has 0 amide bonds. The van der Waals surface area contributed by atoms with E-state index in [9.17, 15) is 13.2 Å². The molecule has 2 atom stereocenters. The van der Waals surface area contributed by atoms with Crippen LogP contribution in [0.1, 0.15) is 42.3 Å². The number of aromatic nitrogens is 3. The summed E-state index contributed by atoms with van der Waals surface area (Å²) in [5, 5.41) is 1.75. The van der Waals surface area contributed by atoms with E-state index in [2.05, 4.69) is 27.1 Å². The highest BCUT2D eigenvalue weighted by Crippen LogP contribution is 2.42. The van der Waals surface area contributed by atoms with Crippen molar-refractivity contribution in [2.24, 2.45) is 5.92 Å². The number of fused-ring (bicyclic) bond motifs is 3. The summed E-state index contributed by atoms with van der Waals surface area (Å²) in [6.07, 6.45) is 4.64. The molecule has 5 rings (SSSR count). The highest BCUT2D eigenvalue weighted by atomic mass is 35.5. The van der Waals surface area contributed by atoms with Crippen molar-refractivity contribution < 1.29 is 13.2 Å². The SMILES string of the molecule is FC(F)(F)c1ccnc(N2CCc3c([nH]c4ccc(Cl)cc34)[C@@H]2CC2C=CCC2)n1. The van der Waals surface area contributed by atoms with Crippen molar-refractivity contribution in [3.05, 3.63) is 64.6 Å². The summed E-state index contributed by atoms with van der Waals surface area (Å²) in [5.41, 5.74) is 2.28. The molecule has 1 N–H and O–H groups in total. The summed E-state index contributed by atoms with van der Waals surface area (Å²) in [6.45, 7) is 0.550. The summed E-state index contributed by atoms with van der Waals surface area (Å²) in [5.74, 6) is 0.503. The van der Waals surface area contributed by atoms with Crippen LogP contribution < -0.4 is 4.90 Å². The molecule has 0 bridgehead atoms. The lowest BCUT2D eigenvalue weighted by molar-refractivity contribution is -0.141. The minimum atomic E-state index is -4.50. The molecule has 30 heavy (non-hydrogen) atoms. The number of nitrogens with one attached hydrogen (secondary N) is 1. The first-order chi connectivity index (χ1) is 14.4. The van der Waals surface area contributed by atoms with Crippen molar-refractivity contribution in [3.63, 3.8) is 0 Å². The number of halogens is 4. The van der Waals surface area contributed by atoms with E-state index in [1.807, 2.05) is 23.1 Å². The van der Waals surface area contributed by atoms with E-state index < -0.39 is 11.9 Å². The van der Waals surface area contributed by atoms with Gasteiger partial charge in [0.2, 0.25) is 5.95 Å². The van der Waals surface area contributed by atoms with Gasteiger partial charge >= 0.3 is 6.18 Å². The Labute approximate surface area is 176 Å². The molecule has 8 heteroatoms. The van der Waals surface area contributed by atoms with Crippen molar-refractivity contribution in [1.82, 2.24) is 15.0 Å². The van der Waals surface area contributed by atoms with Crippen molar-refractivity contribution in [1.29, 1.82) is 0 Å². The fraction of sp³-hybridized carbons (Fsp3) is 0.364. The average molecular weight is 433 g/mol. The van der Waals surface area contributed by atoms with Crippen LogP contribution in [0.3, 0.4) is 0 Å². The van der Waals surface area contributed by atoms with E-state index in [0.29, 0.717) is 23.9 Å². The quantitative estimate of drug-likeness (QED) is 0.509. The van der Waals surface area contributed by atoms with Gasteiger partial charge in [0.1, 0.15) is 5.69 Å². The van der Waals surface area contributed by atoms with Gasteiger partial charge in [0.25, 0.3) is 0 Å². The smallest absolute Gasteiger partial charge is 0.356 e. The van der Waals surface area contributed by atoms with Gasteiger partial charge in [-0.3, -0.25) is 0 Å². The lowest BCUT2D eigenvalue weighted by Gasteiger charge is -2.37. The second kappa shape index (κ2) is 7.30. The van der Waals surface area contributed by atoms with Crippen LogP contribution in [0.2, 0.25) is 5.02 Å². The first-order valence-electron chi connectivity index (χ1n) is 10.0. The summed E-state index contributed by atoms with van der Waals surface area (Å²) < 4.78 is 39.7. The molecule has 3 heterocycles. The number of H-pyrrole nitrogens is 1. The van der Waals surface area contributed by atoms with Gasteiger partial charge in [0.15, 0.2) is 0 Å². The monoisotopic (exact) mass is 432 g/mol. The van der Waals surface area contributed by atoms with Crippen molar-refractivity contribution in [3.8, 4) is 0 Å². The number of benzene rings is 1. The Morgan fingerprint density at radius 2 is 2.10 bits per heavy atom. The summed E-state index contributed by atoms with van der Waals surface area (Å²) >= 11 is 6.22. The van der Waals surface area contributed by atoms with E-state index in [1.54, 1.807) is 0 Å². The first-order valence-corrected chi connectivity index (χ1v) is 10.4. The lowest BCUT2D eigenvalue weighted by atomic mass is 9.90. The third kappa shape index (κ3) is 3.45. The van der Waals surface area contributed by atoms with Crippen LogP contribution in [0, 0.1) is 5.92 Å². The molecule has 2 aromatic heterocycles. The van der Waals surface area contributed by atoms with Crippen LogP contribution >= 0.6 is 11.6 Å². The number of allylic oxidation sites excluding steroid dienone is 2. The second-order valence-electron chi connectivity index (χ2n) is 7.91.